The van der Waals surface area contributed by atoms with E-state index in [9.17, 15) is 18.0 Å². The van der Waals surface area contributed by atoms with Crippen LogP contribution in [0.2, 0.25) is 0 Å². The highest BCUT2D eigenvalue weighted by molar-refractivity contribution is 5.75. The molecule has 2 aliphatic heterocycles. The lowest BCUT2D eigenvalue weighted by Crippen LogP contribution is -2.41. The van der Waals surface area contributed by atoms with Crippen LogP contribution in [0, 0.1) is 13.8 Å². The number of carbonyl (C=O) groups excluding carboxylic acids is 1. The number of fused-ring (bicyclic) bond motifs is 2. The Bertz CT molecular complexity index is 1360. The molecule has 0 saturated carbocycles. The van der Waals surface area contributed by atoms with Crippen molar-refractivity contribution in [2.24, 2.45) is 0 Å². The van der Waals surface area contributed by atoms with Crippen molar-refractivity contribution in [2.45, 2.75) is 71.3 Å². The first-order valence-electron chi connectivity index (χ1n) is 12.4. The van der Waals surface area contributed by atoms with Crippen molar-refractivity contribution >= 4 is 11.8 Å². The molecule has 0 aromatic carbocycles. The third kappa shape index (κ3) is 4.21. The summed E-state index contributed by atoms with van der Waals surface area (Å²) < 4.78 is 43.8. The molecular formula is C25H31F3N8O. The summed E-state index contributed by atoms with van der Waals surface area (Å²) in [5, 5.41) is 12.2. The second-order valence-corrected chi connectivity index (χ2v) is 10.1. The number of anilines is 1. The van der Waals surface area contributed by atoms with Gasteiger partial charge in [-0.2, -0.15) is 23.4 Å². The van der Waals surface area contributed by atoms with Gasteiger partial charge in [0, 0.05) is 60.3 Å². The molecule has 1 spiro atoms. The predicted molar refractivity (Wildman–Crippen MR) is 132 cm³/mol. The van der Waals surface area contributed by atoms with Crippen molar-refractivity contribution < 1.29 is 18.0 Å². The van der Waals surface area contributed by atoms with Gasteiger partial charge in [-0.3, -0.25) is 9.36 Å². The first-order valence-corrected chi connectivity index (χ1v) is 12.4. The molecule has 2 aliphatic rings. The van der Waals surface area contributed by atoms with Crippen LogP contribution in [-0.2, 0) is 24.7 Å². The Labute approximate surface area is 212 Å². The molecule has 12 heteroatoms. The van der Waals surface area contributed by atoms with Gasteiger partial charge in [-0.25, -0.2) is 9.78 Å². The number of likely N-dealkylation sites (tertiary alicyclic amines) is 1. The van der Waals surface area contributed by atoms with Gasteiger partial charge in [-0.05, 0) is 52.7 Å². The number of urea groups is 1. The largest absolute Gasteiger partial charge is 0.419 e. The van der Waals surface area contributed by atoms with Crippen LogP contribution in [0.15, 0.2) is 18.3 Å². The third-order valence-electron chi connectivity index (χ3n) is 7.80. The van der Waals surface area contributed by atoms with E-state index in [4.69, 9.17) is 5.73 Å². The average Bonchev–Trinajstić information content (AvgIpc) is 3.58. The number of carbonyl (C=O) groups is 1. The Morgan fingerprint density at radius 2 is 1.95 bits per heavy atom. The number of aromatic nitrogens is 5. The second kappa shape index (κ2) is 8.77. The summed E-state index contributed by atoms with van der Waals surface area (Å²) in [6, 6.07) is 2.50. The number of alkyl halides is 3. The van der Waals surface area contributed by atoms with Gasteiger partial charge in [-0.15, -0.1) is 0 Å². The topological polar surface area (TPSA) is 107 Å². The number of aryl methyl sites for hydroxylation is 3. The maximum Gasteiger partial charge on any atom is 0.419 e. The monoisotopic (exact) mass is 516 g/mol. The molecule has 5 rings (SSSR count). The van der Waals surface area contributed by atoms with Crippen LogP contribution in [0.1, 0.15) is 60.9 Å². The Balaban J connectivity index is 1.33. The fourth-order valence-corrected chi connectivity index (χ4v) is 5.90. The lowest BCUT2D eigenvalue weighted by atomic mass is 9.82. The third-order valence-corrected chi connectivity index (χ3v) is 7.80. The lowest BCUT2D eigenvalue weighted by Gasteiger charge is -2.25. The number of halogens is 3. The molecule has 3 N–H and O–H groups in total. The molecule has 1 fully saturated rings. The molecule has 2 amide bonds. The van der Waals surface area contributed by atoms with E-state index in [1.54, 1.807) is 0 Å². The lowest BCUT2D eigenvalue weighted by molar-refractivity contribution is -0.137. The van der Waals surface area contributed by atoms with Gasteiger partial charge in [0.2, 0.25) is 0 Å². The van der Waals surface area contributed by atoms with Gasteiger partial charge < -0.3 is 16.0 Å². The Morgan fingerprint density at radius 3 is 2.62 bits per heavy atom. The molecule has 9 nitrogen and oxygen atoms in total. The SMILES string of the molecule is CCn1nc(C)c(C(C)NC(=O)N2CCC3(CCn4nc(-c5cnc(N)c(C(F)(F)F)c5)cc43)C2)c1C. The number of nitrogen functional groups attached to an aromatic ring is 1. The van der Waals surface area contributed by atoms with Crippen LogP contribution >= 0.6 is 0 Å². The van der Waals surface area contributed by atoms with Crippen LogP contribution in [0.3, 0.4) is 0 Å². The first kappa shape index (κ1) is 25.1. The molecular weight excluding hydrogens is 485 g/mol. The zero-order chi connectivity index (χ0) is 26.7. The zero-order valence-electron chi connectivity index (χ0n) is 21.4. The number of pyridine rings is 1. The van der Waals surface area contributed by atoms with Gasteiger partial charge >= 0.3 is 12.2 Å². The van der Waals surface area contributed by atoms with Gasteiger partial charge in [0.05, 0.1) is 23.0 Å². The molecule has 3 aromatic rings. The van der Waals surface area contributed by atoms with Crippen molar-refractivity contribution in [3.8, 4) is 11.3 Å². The predicted octanol–water partition coefficient (Wildman–Crippen LogP) is 4.20. The molecule has 1 saturated heterocycles. The summed E-state index contributed by atoms with van der Waals surface area (Å²) >= 11 is 0. The van der Waals surface area contributed by atoms with E-state index in [2.05, 4.69) is 20.5 Å². The fraction of sp³-hybridized carbons (Fsp3) is 0.520. The molecule has 3 aromatic heterocycles. The van der Waals surface area contributed by atoms with E-state index >= 15 is 0 Å². The van der Waals surface area contributed by atoms with E-state index in [1.165, 1.54) is 6.20 Å². The standard InChI is InChI=1S/C25H31F3N8O/c1-5-35-16(4)21(15(3)32-35)14(2)31-23(37)34-8-6-24(13-34)7-9-36-20(24)11-19(33-36)17-10-18(25(26,27)28)22(29)30-12-17/h10-12,14H,5-9,13H2,1-4H3,(H2,29,30)(H,31,37). The molecule has 0 aliphatic carbocycles. The van der Waals surface area contributed by atoms with E-state index < -0.39 is 17.6 Å². The maximum atomic E-state index is 13.3. The normalized spacial score (nSPS) is 20.0. The Hall–Kier alpha value is -3.57. The smallest absolute Gasteiger partial charge is 0.383 e. The van der Waals surface area contributed by atoms with Gasteiger partial charge in [-0.1, -0.05) is 0 Å². The average molecular weight is 517 g/mol. The number of amides is 2. The summed E-state index contributed by atoms with van der Waals surface area (Å²) in [4.78, 5) is 18.8. The van der Waals surface area contributed by atoms with Gasteiger partial charge in [0.25, 0.3) is 0 Å². The van der Waals surface area contributed by atoms with Gasteiger partial charge in [0.1, 0.15) is 5.82 Å². The van der Waals surface area contributed by atoms with Crippen molar-refractivity contribution in [3.05, 3.63) is 46.5 Å². The van der Waals surface area contributed by atoms with Crippen molar-refractivity contribution in [1.29, 1.82) is 0 Å². The summed E-state index contributed by atoms with van der Waals surface area (Å²) in [6.07, 6.45) is -1.70. The summed E-state index contributed by atoms with van der Waals surface area (Å²) in [6.45, 7) is 10.5. The fourth-order valence-electron chi connectivity index (χ4n) is 5.90. The highest BCUT2D eigenvalue weighted by Crippen LogP contribution is 2.44. The Kier molecular flexibility index (Phi) is 5.95. The second-order valence-electron chi connectivity index (χ2n) is 10.1. The van der Waals surface area contributed by atoms with E-state index in [-0.39, 0.29) is 23.1 Å². The van der Waals surface area contributed by atoms with E-state index in [0.29, 0.717) is 25.3 Å². The van der Waals surface area contributed by atoms with E-state index in [0.717, 1.165) is 48.1 Å². The summed E-state index contributed by atoms with van der Waals surface area (Å²) in [5.41, 5.74) is 8.80. The number of rotatable bonds is 4. The number of nitrogens with two attached hydrogens (primary N) is 1. The van der Waals surface area contributed by atoms with Crippen molar-refractivity contribution in [2.75, 3.05) is 18.8 Å². The molecule has 2 atom stereocenters. The molecule has 198 valence electrons. The molecule has 2 unspecified atom stereocenters. The molecule has 0 bridgehead atoms. The van der Waals surface area contributed by atoms with Crippen LogP contribution < -0.4 is 11.1 Å². The maximum absolute atomic E-state index is 13.3. The van der Waals surface area contributed by atoms with E-state index in [1.807, 2.05) is 48.0 Å². The van der Waals surface area contributed by atoms with Crippen molar-refractivity contribution in [3.63, 3.8) is 0 Å². The Morgan fingerprint density at radius 1 is 1.22 bits per heavy atom. The van der Waals surface area contributed by atoms with Crippen LogP contribution in [0.4, 0.5) is 23.8 Å². The highest BCUT2D eigenvalue weighted by atomic mass is 19.4. The van der Waals surface area contributed by atoms with Crippen LogP contribution in [-0.4, -0.2) is 48.6 Å². The van der Waals surface area contributed by atoms with Crippen LogP contribution in [0.5, 0.6) is 0 Å². The van der Waals surface area contributed by atoms with Gasteiger partial charge in [0.15, 0.2) is 0 Å². The minimum Gasteiger partial charge on any atom is -0.383 e. The number of hydrogen-bond donors (Lipinski definition) is 2. The zero-order valence-corrected chi connectivity index (χ0v) is 21.4. The number of nitrogens with zero attached hydrogens (tertiary/aromatic N) is 6. The molecule has 37 heavy (non-hydrogen) atoms. The van der Waals surface area contributed by atoms with Crippen LogP contribution in [0.25, 0.3) is 11.3 Å². The minimum atomic E-state index is -4.60. The highest BCUT2D eigenvalue weighted by Gasteiger charge is 2.47. The number of hydrogen-bond acceptors (Lipinski definition) is 5. The molecule has 5 heterocycles. The van der Waals surface area contributed by atoms with Crippen molar-refractivity contribution in [1.82, 2.24) is 34.8 Å². The molecule has 0 radical (unpaired) electrons. The first-order chi connectivity index (χ1) is 17.4. The summed E-state index contributed by atoms with van der Waals surface area (Å²) in [7, 11) is 0. The minimum absolute atomic E-state index is 0.136. The summed E-state index contributed by atoms with van der Waals surface area (Å²) in [5.74, 6) is -0.557. The number of nitrogens with one attached hydrogen (secondary N) is 1. The quantitative estimate of drug-likeness (QED) is 0.541.